The summed E-state index contributed by atoms with van der Waals surface area (Å²) in [4.78, 5) is 12.6. The van der Waals surface area contributed by atoms with Crippen LogP contribution >= 0.6 is 11.6 Å². The van der Waals surface area contributed by atoms with Crippen molar-refractivity contribution in [3.05, 3.63) is 53.2 Å². The zero-order valence-corrected chi connectivity index (χ0v) is 19.4. The van der Waals surface area contributed by atoms with Crippen LogP contribution in [-0.2, 0) is 6.42 Å². The lowest BCUT2D eigenvalue weighted by molar-refractivity contribution is -0.0324. The van der Waals surface area contributed by atoms with E-state index in [-0.39, 0.29) is 16.9 Å². The van der Waals surface area contributed by atoms with Gasteiger partial charge in [-0.15, -0.1) is 0 Å². The fraction of sp³-hybridized carbons (Fsp3) is 0.375. The Kier molecular flexibility index (Phi) is 5.58. The average Bonchev–Trinajstić information content (AvgIpc) is 3.35. The first-order valence-corrected chi connectivity index (χ1v) is 11.6. The van der Waals surface area contributed by atoms with Crippen molar-refractivity contribution in [3.63, 3.8) is 0 Å². The van der Waals surface area contributed by atoms with Crippen molar-refractivity contribution in [3.8, 4) is 0 Å². The van der Waals surface area contributed by atoms with Gasteiger partial charge in [-0.25, -0.2) is 19.3 Å². The molecular formula is C24H26ClFN6O2. The maximum atomic E-state index is 14.7. The number of nitrogen functional groups attached to an aromatic ring is 2. The van der Waals surface area contributed by atoms with Crippen LogP contribution in [-0.4, -0.2) is 41.9 Å². The molecule has 5 rings (SSSR count). The second kappa shape index (κ2) is 8.33. The molecule has 4 aromatic rings. The predicted molar refractivity (Wildman–Crippen MR) is 130 cm³/mol. The Labute approximate surface area is 200 Å². The molecule has 8 nitrogen and oxygen atoms in total. The predicted octanol–water partition coefficient (Wildman–Crippen LogP) is 3.63. The summed E-state index contributed by atoms with van der Waals surface area (Å²) >= 11 is 5.99. The van der Waals surface area contributed by atoms with E-state index in [2.05, 4.69) is 15.0 Å². The number of halogens is 2. The minimum Gasteiger partial charge on any atom is -0.390 e. The maximum absolute atomic E-state index is 14.7. The van der Waals surface area contributed by atoms with Gasteiger partial charge in [-0.2, -0.15) is 0 Å². The van der Waals surface area contributed by atoms with Crippen LogP contribution in [0.1, 0.15) is 37.8 Å². The minimum absolute atomic E-state index is 0.149. The largest absolute Gasteiger partial charge is 0.390 e. The van der Waals surface area contributed by atoms with Gasteiger partial charge in [-0.05, 0) is 55.5 Å². The number of benzene rings is 1. The summed E-state index contributed by atoms with van der Waals surface area (Å²) in [5.74, 6) is 0.0946. The number of pyridine rings is 1. The van der Waals surface area contributed by atoms with Gasteiger partial charge in [0.1, 0.15) is 35.5 Å². The molecule has 1 saturated carbocycles. The molecule has 3 heterocycles. The molecule has 4 atom stereocenters. The molecule has 178 valence electrons. The van der Waals surface area contributed by atoms with E-state index in [4.69, 9.17) is 23.1 Å². The van der Waals surface area contributed by atoms with Crippen molar-refractivity contribution >= 4 is 45.2 Å². The highest BCUT2D eigenvalue weighted by Crippen LogP contribution is 2.50. The van der Waals surface area contributed by atoms with E-state index in [1.807, 2.05) is 23.8 Å². The molecule has 0 amide bonds. The van der Waals surface area contributed by atoms with Crippen molar-refractivity contribution < 1.29 is 14.6 Å². The highest BCUT2D eigenvalue weighted by atomic mass is 35.5. The number of rotatable bonds is 5. The molecule has 1 fully saturated rings. The van der Waals surface area contributed by atoms with Crippen LogP contribution in [0.2, 0.25) is 5.02 Å². The molecule has 6 N–H and O–H groups in total. The first-order chi connectivity index (χ1) is 16.2. The molecule has 34 heavy (non-hydrogen) atoms. The SMILES string of the molecule is CC[C@]1(CCc2cc(F)c3cc(Cl)c(N)nc3c2)C[C@@H](n2ccc3c(N)ncnc32)[C@H](O)[C@@H]1O. The summed E-state index contributed by atoms with van der Waals surface area (Å²) in [5, 5.41) is 23.4. The number of aryl methyl sites for hydroxylation is 1. The molecule has 0 spiro atoms. The Morgan fingerprint density at radius 3 is 2.74 bits per heavy atom. The Morgan fingerprint density at radius 1 is 1.18 bits per heavy atom. The van der Waals surface area contributed by atoms with Gasteiger partial charge in [0.25, 0.3) is 0 Å². The third kappa shape index (κ3) is 3.55. The number of aromatic nitrogens is 4. The molecule has 1 aromatic carbocycles. The number of nitrogens with zero attached hydrogens (tertiary/aromatic N) is 4. The van der Waals surface area contributed by atoms with Gasteiger partial charge in [0.2, 0.25) is 0 Å². The van der Waals surface area contributed by atoms with Gasteiger partial charge in [0.05, 0.1) is 28.1 Å². The third-order valence-electron chi connectivity index (χ3n) is 7.40. The lowest BCUT2D eigenvalue weighted by atomic mass is 9.76. The molecular weight excluding hydrogens is 459 g/mol. The number of anilines is 2. The number of hydrogen-bond acceptors (Lipinski definition) is 7. The fourth-order valence-corrected chi connectivity index (χ4v) is 5.50. The highest BCUT2D eigenvalue weighted by Gasteiger charge is 2.52. The molecule has 0 bridgehead atoms. The summed E-state index contributed by atoms with van der Waals surface area (Å²) < 4.78 is 16.6. The lowest BCUT2D eigenvalue weighted by Gasteiger charge is -2.32. The Hall–Kier alpha value is -3.01. The van der Waals surface area contributed by atoms with Gasteiger partial charge in [-0.3, -0.25) is 0 Å². The summed E-state index contributed by atoms with van der Waals surface area (Å²) in [6, 6.07) is 6.18. The van der Waals surface area contributed by atoms with Crippen LogP contribution in [0.4, 0.5) is 16.0 Å². The van der Waals surface area contributed by atoms with Gasteiger partial charge in [-0.1, -0.05) is 18.5 Å². The second-order valence-electron chi connectivity index (χ2n) is 9.14. The molecule has 0 saturated heterocycles. The Morgan fingerprint density at radius 2 is 1.97 bits per heavy atom. The van der Waals surface area contributed by atoms with Crippen molar-refractivity contribution in [2.75, 3.05) is 11.5 Å². The quantitative estimate of drug-likeness (QED) is 0.339. The van der Waals surface area contributed by atoms with Crippen molar-refractivity contribution in [2.45, 2.75) is 50.9 Å². The molecule has 1 aliphatic rings. The summed E-state index contributed by atoms with van der Waals surface area (Å²) in [6.07, 6.45) is 3.53. The van der Waals surface area contributed by atoms with Crippen molar-refractivity contribution in [2.24, 2.45) is 5.41 Å². The molecule has 0 aliphatic heterocycles. The van der Waals surface area contributed by atoms with Crippen LogP contribution in [0.5, 0.6) is 0 Å². The third-order valence-corrected chi connectivity index (χ3v) is 7.70. The first-order valence-electron chi connectivity index (χ1n) is 11.2. The van der Waals surface area contributed by atoms with E-state index in [0.29, 0.717) is 53.4 Å². The number of hydrogen-bond donors (Lipinski definition) is 4. The van der Waals surface area contributed by atoms with Gasteiger partial charge in [0.15, 0.2) is 0 Å². The molecule has 3 aromatic heterocycles. The van der Waals surface area contributed by atoms with E-state index >= 15 is 0 Å². The normalized spacial score (nSPS) is 24.9. The van der Waals surface area contributed by atoms with Crippen LogP contribution in [0.25, 0.3) is 21.9 Å². The number of aliphatic hydroxyl groups is 2. The van der Waals surface area contributed by atoms with E-state index in [1.54, 1.807) is 6.07 Å². The zero-order valence-electron chi connectivity index (χ0n) is 18.6. The highest BCUT2D eigenvalue weighted by molar-refractivity contribution is 6.33. The van der Waals surface area contributed by atoms with Crippen LogP contribution in [0, 0.1) is 11.2 Å². The summed E-state index contributed by atoms with van der Waals surface area (Å²) in [5.41, 5.74) is 13.0. The topological polar surface area (TPSA) is 136 Å². The number of fused-ring (bicyclic) bond motifs is 2. The standard InChI is InChI=1S/C24H26ClFN6O2/c1-2-24(5-3-12-7-16(26)14-9-15(25)22(28)31-17(14)8-12)10-18(19(33)20(24)34)32-6-4-13-21(27)29-11-30-23(13)32/h4,6-9,11,18-20,33-34H,2-3,5,10H2,1H3,(H2,28,31)(H2,27,29,30)/t18-,19+,20+,24+/m1/s1. The van der Waals surface area contributed by atoms with E-state index in [0.717, 1.165) is 5.56 Å². The zero-order chi connectivity index (χ0) is 24.2. The van der Waals surface area contributed by atoms with E-state index in [1.165, 1.54) is 18.5 Å². The molecule has 0 unspecified atom stereocenters. The van der Waals surface area contributed by atoms with Crippen LogP contribution in [0.15, 0.2) is 36.8 Å². The smallest absolute Gasteiger partial charge is 0.145 e. The van der Waals surface area contributed by atoms with Crippen molar-refractivity contribution in [1.29, 1.82) is 0 Å². The van der Waals surface area contributed by atoms with Crippen molar-refractivity contribution in [1.82, 2.24) is 19.5 Å². The Bertz CT molecular complexity index is 1400. The minimum atomic E-state index is -0.983. The lowest BCUT2D eigenvalue weighted by Crippen LogP contribution is -2.36. The van der Waals surface area contributed by atoms with Crippen LogP contribution in [0.3, 0.4) is 0 Å². The van der Waals surface area contributed by atoms with Crippen LogP contribution < -0.4 is 11.5 Å². The van der Waals surface area contributed by atoms with Gasteiger partial charge in [0, 0.05) is 17.0 Å². The molecule has 1 aliphatic carbocycles. The average molecular weight is 485 g/mol. The summed E-state index contributed by atoms with van der Waals surface area (Å²) in [7, 11) is 0. The molecule has 10 heteroatoms. The Balaban J connectivity index is 1.43. The number of nitrogens with two attached hydrogens (primary N) is 2. The second-order valence-corrected chi connectivity index (χ2v) is 9.55. The van der Waals surface area contributed by atoms with E-state index < -0.39 is 23.4 Å². The molecule has 0 radical (unpaired) electrons. The fourth-order valence-electron chi connectivity index (χ4n) is 5.35. The monoisotopic (exact) mass is 484 g/mol. The van der Waals surface area contributed by atoms with E-state index in [9.17, 15) is 14.6 Å². The maximum Gasteiger partial charge on any atom is 0.145 e. The van der Waals surface area contributed by atoms with Gasteiger partial charge < -0.3 is 26.2 Å². The first kappa shape index (κ1) is 22.8. The summed E-state index contributed by atoms with van der Waals surface area (Å²) in [6.45, 7) is 2.00. The van der Waals surface area contributed by atoms with Gasteiger partial charge >= 0.3 is 0 Å². The number of aliphatic hydroxyl groups excluding tert-OH is 2.